The zero-order valence-corrected chi connectivity index (χ0v) is 12.9. The minimum atomic E-state index is 0.124. The van der Waals surface area contributed by atoms with Gasteiger partial charge in [0, 0.05) is 18.2 Å². The number of nitrogens with zero attached hydrogens (tertiary/aromatic N) is 1. The Morgan fingerprint density at radius 3 is 2.23 bits per heavy atom. The summed E-state index contributed by atoms with van der Waals surface area (Å²) >= 11 is 0. The fraction of sp³-hybridized carbons (Fsp3) is 0.316. The highest BCUT2D eigenvalue weighted by atomic mass is 16.5. The molecule has 2 aromatic carbocycles. The summed E-state index contributed by atoms with van der Waals surface area (Å²) < 4.78 is 5.75. The van der Waals surface area contributed by atoms with Crippen LogP contribution in [0, 0.1) is 0 Å². The second-order valence-electron chi connectivity index (χ2n) is 5.62. The van der Waals surface area contributed by atoms with Gasteiger partial charge in [-0.3, -0.25) is 4.79 Å². The van der Waals surface area contributed by atoms with Crippen LogP contribution in [0.15, 0.2) is 54.6 Å². The Kier molecular flexibility index (Phi) is 4.42. The van der Waals surface area contributed by atoms with Gasteiger partial charge in [0.05, 0.1) is 0 Å². The summed E-state index contributed by atoms with van der Waals surface area (Å²) in [4.78, 5) is 14.5. The topological polar surface area (TPSA) is 29.5 Å². The molecule has 1 amide bonds. The van der Waals surface area contributed by atoms with Crippen molar-refractivity contribution in [2.45, 2.75) is 32.2 Å². The van der Waals surface area contributed by atoms with Crippen molar-refractivity contribution >= 4 is 5.91 Å². The number of rotatable bonds is 5. The van der Waals surface area contributed by atoms with Crippen LogP contribution >= 0.6 is 0 Å². The number of para-hydroxylation sites is 1. The van der Waals surface area contributed by atoms with Gasteiger partial charge in [0.2, 0.25) is 0 Å². The monoisotopic (exact) mass is 295 g/mol. The molecule has 0 N–H and O–H groups in total. The third-order valence-corrected chi connectivity index (χ3v) is 4.20. The van der Waals surface area contributed by atoms with Gasteiger partial charge in [0.1, 0.15) is 11.5 Å². The molecule has 0 aromatic heterocycles. The number of hydrogen-bond donors (Lipinski definition) is 0. The number of ether oxygens (including phenoxy) is 1. The average Bonchev–Trinajstić information content (AvgIpc) is 2.52. The van der Waals surface area contributed by atoms with Gasteiger partial charge in [0.25, 0.3) is 5.91 Å². The fourth-order valence-electron chi connectivity index (χ4n) is 2.72. The Bertz CT molecular complexity index is 618. The molecule has 114 valence electrons. The van der Waals surface area contributed by atoms with E-state index in [-0.39, 0.29) is 5.91 Å². The maximum absolute atomic E-state index is 12.6. The molecule has 1 fully saturated rings. The lowest BCUT2D eigenvalue weighted by atomic mass is 9.91. The van der Waals surface area contributed by atoms with Crippen molar-refractivity contribution in [2.24, 2.45) is 0 Å². The lowest BCUT2D eigenvalue weighted by molar-refractivity contribution is 0.0596. The Hall–Kier alpha value is -2.29. The molecule has 1 aliphatic carbocycles. The number of carbonyl (C=O) groups excluding carboxylic acids is 1. The molecule has 3 rings (SSSR count). The van der Waals surface area contributed by atoms with Gasteiger partial charge < -0.3 is 9.64 Å². The first kappa shape index (κ1) is 14.6. The van der Waals surface area contributed by atoms with E-state index in [1.165, 1.54) is 6.42 Å². The van der Waals surface area contributed by atoms with Gasteiger partial charge in [0.15, 0.2) is 0 Å². The largest absolute Gasteiger partial charge is 0.457 e. The average molecular weight is 295 g/mol. The molecule has 3 heteroatoms. The highest BCUT2D eigenvalue weighted by Gasteiger charge is 2.28. The lowest BCUT2D eigenvalue weighted by Gasteiger charge is -2.37. The van der Waals surface area contributed by atoms with E-state index in [1.54, 1.807) is 0 Å². The zero-order chi connectivity index (χ0) is 15.4. The summed E-state index contributed by atoms with van der Waals surface area (Å²) in [5.41, 5.74) is 0.731. The van der Waals surface area contributed by atoms with Crippen LogP contribution in [0.3, 0.4) is 0 Å². The summed E-state index contributed by atoms with van der Waals surface area (Å²) in [5, 5.41) is 0. The maximum atomic E-state index is 12.6. The molecule has 0 atom stereocenters. The van der Waals surface area contributed by atoms with Gasteiger partial charge in [-0.1, -0.05) is 18.2 Å². The molecule has 0 unspecified atom stereocenters. The lowest BCUT2D eigenvalue weighted by Crippen LogP contribution is -2.44. The first-order valence-electron chi connectivity index (χ1n) is 7.92. The van der Waals surface area contributed by atoms with Crippen LogP contribution in [0.4, 0.5) is 0 Å². The quantitative estimate of drug-likeness (QED) is 0.813. The standard InChI is InChI=1S/C19H21NO2/c1-2-20(16-7-6-8-16)19(21)15-11-13-18(14-12-15)22-17-9-4-3-5-10-17/h3-5,9-14,16H,2,6-8H2,1H3. The summed E-state index contributed by atoms with van der Waals surface area (Å²) in [7, 11) is 0. The number of amides is 1. The molecule has 0 radical (unpaired) electrons. The predicted molar refractivity (Wildman–Crippen MR) is 87.3 cm³/mol. The Morgan fingerprint density at radius 2 is 1.68 bits per heavy atom. The van der Waals surface area contributed by atoms with Crippen LogP contribution in [-0.4, -0.2) is 23.4 Å². The molecule has 1 aliphatic rings. The highest BCUT2D eigenvalue weighted by molar-refractivity contribution is 5.94. The van der Waals surface area contributed by atoms with Gasteiger partial charge in [-0.15, -0.1) is 0 Å². The van der Waals surface area contributed by atoms with Crippen LogP contribution in [0.25, 0.3) is 0 Å². The van der Waals surface area contributed by atoms with Crippen LogP contribution in [0.5, 0.6) is 11.5 Å². The van der Waals surface area contributed by atoms with E-state index >= 15 is 0 Å². The van der Waals surface area contributed by atoms with Gasteiger partial charge in [-0.05, 0) is 62.6 Å². The van der Waals surface area contributed by atoms with E-state index in [4.69, 9.17) is 4.74 Å². The molecule has 22 heavy (non-hydrogen) atoms. The number of benzene rings is 2. The van der Waals surface area contributed by atoms with Gasteiger partial charge >= 0.3 is 0 Å². The molecular formula is C19H21NO2. The Balaban J connectivity index is 1.69. The van der Waals surface area contributed by atoms with Crippen LogP contribution in [0.1, 0.15) is 36.5 Å². The van der Waals surface area contributed by atoms with Crippen LogP contribution in [0.2, 0.25) is 0 Å². The predicted octanol–water partition coefficient (Wildman–Crippen LogP) is 4.49. The maximum Gasteiger partial charge on any atom is 0.254 e. The smallest absolute Gasteiger partial charge is 0.254 e. The minimum Gasteiger partial charge on any atom is -0.457 e. The normalized spacial score (nSPS) is 14.2. The third-order valence-electron chi connectivity index (χ3n) is 4.20. The fourth-order valence-corrected chi connectivity index (χ4v) is 2.72. The van der Waals surface area contributed by atoms with Crippen molar-refractivity contribution < 1.29 is 9.53 Å². The van der Waals surface area contributed by atoms with E-state index in [2.05, 4.69) is 0 Å². The van der Waals surface area contributed by atoms with Gasteiger partial charge in [-0.2, -0.15) is 0 Å². The van der Waals surface area contributed by atoms with Gasteiger partial charge in [-0.25, -0.2) is 0 Å². The Labute approximate surface area is 131 Å². The zero-order valence-electron chi connectivity index (χ0n) is 12.9. The molecule has 1 saturated carbocycles. The van der Waals surface area contributed by atoms with Crippen molar-refractivity contribution in [1.29, 1.82) is 0 Å². The van der Waals surface area contributed by atoms with E-state index < -0.39 is 0 Å². The van der Waals surface area contributed by atoms with E-state index in [0.29, 0.717) is 6.04 Å². The molecule has 0 saturated heterocycles. The summed E-state index contributed by atoms with van der Waals surface area (Å²) in [6, 6.07) is 17.5. The van der Waals surface area contributed by atoms with Crippen LogP contribution in [-0.2, 0) is 0 Å². The van der Waals surface area contributed by atoms with Crippen molar-refractivity contribution in [2.75, 3.05) is 6.54 Å². The molecular weight excluding hydrogens is 274 g/mol. The van der Waals surface area contributed by atoms with Crippen molar-refractivity contribution in [3.05, 3.63) is 60.2 Å². The number of carbonyl (C=O) groups is 1. The van der Waals surface area contributed by atoms with Crippen molar-refractivity contribution in [1.82, 2.24) is 4.90 Å². The molecule has 3 nitrogen and oxygen atoms in total. The highest BCUT2D eigenvalue weighted by Crippen LogP contribution is 2.27. The van der Waals surface area contributed by atoms with E-state index in [9.17, 15) is 4.79 Å². The van der Waals surface area contributed by atoms with E-state index in [1.807, 2.05) is 66.4 Å². The third kappa shape index (κ3) is 3.14. The van der Waals surface area contributed by atoms with Crippen molar-refractivity contribution in [3.63, 3.8) is 0 Å². The second kappa shape index (κ2) is 6.65. The molecule has 2 aromatic rings. The first-order chi connectivity index (χ1) is 10.8. The summed E-state index contributed by atoms with van der Waals surface area (Å²) in [5.74, 6) is 1.67. The molecule has 0 bridgehead atoms. The summed E-state index contributed by atoms with van der Waals surface area (Å²) in [6.45, 7) is 2.81. The van der Waals surface area contributed by atoms with Crippen molar-refractivity contribution in [3.8, 4) is 11.5 Å². The molecule has 0 spiro atoms. The van der Waals surface area contributed by atoms with E-state index in [0.717, 1.165) is 36.4 Å². The van der Waals surface area contributed by atoms with Crippen LogP contribution < -0.4 is 4.74 Å². The molecule has 0 heterocycles. The number of hydrogen-bond acceptors (Lipinski definition) is 2. The summed E-state index contributed by atoms with van der Waals surface area (Å²) in [6.07, 6.45) is 3.50. The second-order valence-corrected chi connectivity index (χ2v) is 5.62. The minimum absolute atomic E-state index is 0.124. The molecule has 0 aliphatic heterocycles. The SMILES string of the molecule is CCN(C(=O)c1ccc(Oc2ccccc2)cc1)C1CCC1. The first-order valence-corrected chi connectivity index (χ1v) is 7.92. The Morgan fingerprint density at radius 1 is 1.05 bits per heavy atom.